The number of aromatic nitrogens is 2. The first kappa shape index (κ1) is 23.0. The summed E-state index contributed by atoms with van der Waals surface area (Å²) in [5.74, 6) is 0.553. The normalized spacial score (nSPS) is 16.1. The molecule has 1 aromatic heterocycles. The highest BCUT2D eigenvalue weighted by atomic mass is 16.6. The van der Waals surface area contributed by atoms with E-state index in [4.69, 9.17) is 14.2 Å². The monoisotopic (exact) mass is 475 g/mol. The molecule has 2 aromatic carbocycles. The first-order valence-electron chi connectivity index (χ1n) is 12.0. The number of ether oxygens (including phenoxy) is 3. The summed E-state index contributed by atoms with van der Waals surface area (Å²) >= 11 is 0. The van der Waals surface area contributed by atoms with E-state index in [1.54, 1.807) is 4.68 Å². The lowest BCUT2D eigenvalue weighted by atomic mass is 9.78. The second-order valence-electron chi connectivity index (χ2n) is 9.07. The van der Waals surface area contributed by atoms with Crippen LogP contribution in [0.3, 0.4) is 0 Å². The molecule has 1 saturated carbocycles. The van der Waals surface area contributed by atoms with E-state index >= 15 is 0 Å². The topological polar surface area (TPSA) is 91.7 Å². The van der Waals surface area contributed by atoms with Crippen molar-refractivity contribution < 1.29 is 23.8 Å². The molecule has 8 nitrogen and oxygen atoms in total. The van der Waals surface area contributed by atoms with Gasteiger partial charge in [0.15, 0.2) is 18.1 Å². The van der Waals surface area contributed by atoms with Gasteiger partial charge in [0.25, 0.3) is 5.91 Å². The maximum Gasteiger partial charge on any atom is 0.317 e. The highest BCUT2D eigenvalue weighted by Gasteiger charge is 2.45. The number of fused-ring (bicyclic) bond motifs is 1. The predicted molar refractivity (Wildman–Crippen MR) is 130 cm³/mol. The first-order chi connectivity index (χ1) is 17.0. The molecular weight excluding hydrogens is 446 g/mol. The van der Waals surface area contributed by atoms with Crippen LogP contribution in [0.15, 0.2) is 48.5 Å². The predicted octanol–water partition coefficient (Wildman–Crippen LogP) is 4.25. The Bertz CT molecular complexity index is 1250. The summed E-state index contributed by atoms with van der Waals surface area (Å²) < 4.78 is 18.7. The standard InChI is InChI=1S/C27H29N3O5/c1-18-25(19(2)30(29-18)21-8-4-3-5-9-21)28-24(31)17-35-26(32)27(12-6-7-13-27)20-10-11-22-23(16-20)34-15-14-33-22/h3-5,8-11,16H,6-7,12-15,17H2,1-2H3,(H,28,31). The van der Waals surface area contributed by atoms with Crippen molar-refractivity contribution in [3.8, 4) is 17.2 Å². The molecule has 0 spiro atoms. The number of nitrogens with one attached hydrogen (secondary N) is 1. The number of hydrogen-bond donors (Lipinski definition) is 1. The molecule has 0 saturated heterocycles. The number of nitrogens with zero attached hydrogens (tertiary/aromatic N) is 2. The summed E-state index contributed by atoms with van der Waals surface area (Å²) in [7, 11) is 0. The molecule has 0 unspecified atom stereocenters. The molecule has 1 aliphatic carbocycles. The van der Waals surface area contributed by atoms with Gasteiger partial charge in [-0.1, -0.05) is 37.1 Å². The fourth-order valence-corrected chi connectivity index (χ4v) is 5.02. The molecule has 182 valence electrons. The van der Waals surface area contributed by atoms with Crippen molar-refractivity contribution in [1.29, 1.82) is 0 Å². The lowest BCUT2D eigenvalue weighted by Crippen LogP contribution is -2.36. The maximum absolute atomic E-state index is 13.3. The molecule has 1 N–H and O–H groups in total. The maximum atomic E-state index is 13.3. The van der Waals surface area contributed by atoms with Crippen LogP contribution in [-0.4, -0.2) is 41.5 Å². The van der Waals surface area contributed by atoms with Crippen LogP contribution in [-0.2, 0) is 19.7 Å². The number of rotatable bonds is 6. The average molecular weight is 476 g/mol. The molecule has 0 bridgehead atoms. The van der Waals surface area contributed by atoms with Gasteiger partial charge in [-0.2, -0.15) is 5.10 Å². The number of carbonyl (C=O) groups excluding carboxylic acids is 2. The summed E-state index contributed by atoms with van der Waals surface area (Å²) in [5.41, 5.74) is 3.09. The Kier molecular flexibility index (Phi) is 6.19. The summed E-state index contributed by atoms with van der Waals surface area (Å²) in [6, 6.07) is 15.3. The molecule has 5 rings (SSSR count). The van der Waals surface area contributed by atoms with Gasteiger partial charge in [-0.25, -0.2) is 4.68 Å². The zero-order valence-corrected chi connectivity index (χ0v) is 20.0. The second kappa shape index (κ2) is 9.44. The first-order valence-corrected chi connectivity index (χ1v) is 12.0. The molecule has 0 atom stereocenters. The molecule has 35 heavy (non-hydrogen) atoms. The zero-order valence-electron chi connectivity index (χ0n) is 20.0. The number of esters is 1. The third-order valence-electron chi connectivity index (χ3n) is 6.83. The van der Waals surface area contributed by atoms with E-state index in [1.807, 2.05) is 62.4 Å². The number of benzene rings is 2. The molecule has 8 heteroatoms. The molecule has 1 amide bonds. The molecular formula is C27H29N3O5. The van der Waals surface area contributed by atoms with Crippen LogP contribution in [0.4, 0.5) is 5.69 Å². The molecule has 0 radical (unpaired) electrons. The van der Waals surface area contributed by atoms with Gasteiger partial charge in [-0.05, 0) is 56.5 Å². The minimum Gasteiger partial charge on any atom is -0.486 e. The van der Waals surface area contributed by atoms with E-state index in [-0.39, 0.29) is 12.6 Å². The number of anilines is 1. The van der Waals surface area contributed by atoms with Gasteiger partial charge in [-0.15, -0.1) is 0 Å². The van der Waals surface area contributed by atoms with Crippen LogP contribution in [0.5, 0.6) is 11.5 Å². The highest BCUT2D eigenvalue weighted by Crippen LogP contribution is 2.45. The van der Waals surface area contributed by atoms with Crippen molar-refractivity contribution in [2.75, 3.05) is 25.1 Å². The van der Waals surface area contributed by atoms with Gasteiger partial charge in [0.2, 0.25) is 0 Å². The lowest BCUT2D eigenvalue weighted by Gasteiger charge is -2.28. The fourth-order valence-electron chi connectivity index (χ4n) is 5.02. The van der Waals surface area contributed by atoms with Crippen molar-refractivity contribution >= 4 is 17.6 Å². The average Bonchev–Trinajstić information content (AvgIpc) is 3.49. The Morgan fingerprint density at radius 1 is 1.03 bits per heavy atom. The van der Waals surface area contributed by atoms with Crippen molar-refractivity contribution in [2.24, 2.45) is 0 Å². The summed E-state index contributed by atoms with van der Waals surface area (Å²) in [4.78, 5) is 26.1. The van der Waals surface area contributed by atoms with Gasteiger partial charge in [0, 0.05) is 0 Å². The molecule has 1 aliphatic heterocycles. The van der Waals surface area contributed by atoms with Crippen LogP contribution >= 0.6 is 0 Å². The van der Waals surface area contributed by atoms with Gasteiger partial charge < -0.3 is 19.5 Å². The lowest BCUT2D eigenvalue weighted by molar-refractivity contribution is -0.153. The zero-order chi connectivity index (χ0) is 24.4. The largest absolute Gasteiger partial charge is 0.486 e. The third-order valence-corrected chi connectivity index (χ3v) is 6.83. The molecule has 2 aliphatic rings. The number of para-hydroxylation sites is 1. The van der Waals surface area contributed by atoms with E-state index in [1.165, 1.54) is 0 Å². The quantitative estimate of drug-likeness (QED) is 0.536. The van der Waals surface area contributed by atoms with Crippen molar-refractivity contribution in [1.82, 2.24) is 9.78 Å². The Hall–Kier alpha value is -3.81. The minimum absolute atomic E-state index is 0.361. The minimum atomic E-state index is -0.778. The number of amides is 1. The van der Waals surface area contributed by atoms with Crippen molar-refractivity contribution in [3.63, 3.8) is 0 Å². The van der Waals surface area contributed by atoms with E-state index in [9.17, 15) is 9.59 Å². The molecule has 2 heterocycles. The van der Waals surface area contributed by atoms with E-state index < -0.39 is 11.3 Å². The Balaban J connectivity index is 1.28. The van der Waals surface area contributed by atoms with Crippen molar-refractivity contribution in [3.05, 3.63) is 65.5 Å². The van der Waals surface area contributed by atoms with Gasteiger partial charge in [0.1, 0.15) is 13.2 Å². The Morgan fingerprint density at radius 3 is 2.49 bits per heavy atom. The van der Waals surface area contributed by atoms with Crippen LogP contribution in [0.25, 0.3) is 5.69 Å². The SMILES string of the molecule is Cc1nn(-c2ccccc2)c(C)c1NC(=O)COC(=O)C1(c2ccc3c(c2)OCCO3)CCCC1. The van der Waals surface area contributed by atoms with Gasteiger partial charge in [0.05, 0.1) is 28.2 Å². The Morgan fingerprint density at radius 2 is 1.74 bits per heavy atom. The fraction of sp³-hybridized carbons (Fsp3) is 0.370. The van der Waals surface area contributed by atoms with Crippen LogP contribution in [0.1, 0.15) is 42.6 Å². The van der Waals surface area contributed by atoms with Crippen molar-refractivity contribution in [2.45, 2.75) is 44.9 Å². The second-order valence-corrected chi connectivity index (χ2v) is 9.07. The van der Waals surface area contributed by atoms with Crippen LogP contribution in [0.2, 0.25) is 0 Å². The van der Waals surface area contributed by atoms with E-state index in [0.717, 1.165) is 29.8 Å². The summed E-state index contributed by atoms with van der Waals surface area (Å²) in [6.07, 6.45) is 3.20. The van der Waals surface area contributed by atoms with E-state index in [2.05, 4.69) is 10.4 Å². The third kappa shape index (κ3) is 4.36. The number of carbonyl (C=O) groups is 2. The number of aryl methyl sites for hydroxylation is 1. The van der Waals surface area contributed by atoms with Crippen LogP contribution < -0.4 is 14.8 Å². The smallest absolute Gasteiger partial charge is 0.317 e. The molecule has 1 fully saturated rings. The van der Waals surface area contributed by atoms with Gasteiger partial charge in [-0.3, -0.25) is 9.59 Å². The summed E-state index contributed by atoms with van der Waals surface area (Å²) in [5, 5.41) is 7.42. The van der Waals surface area contributed by atoms with Crippen LogP contribution in [0, 0.1) is 13.8 Å². The number of hydrogen-bond acceptors (Lipinski definition) is 6. The highest BCUT2D eigenvalue weighted by molar-refractivity contribution is 5.95. The molecule has 3 aromatic rings. The summed E-state index contributed by atoms with van der Waals surface area (Å²) in [6.45, 7) is 4.36. The Labute approximate surface area is 204 Å². The van der Waals surface area contributed by atoms with Gasteiger partial charge >= 0.3 is 5.97 Å². The van der Waals surface area contributed by atoms with E-state index in [0.29, 0.717) is 48.9 Å².